The monoisotopic (exact) mass is 388 g/mol. The first kappa shape index (κ1) is 18.5. The molecule has 0 aliphatic carbocycles. The van der Waals surface area contributed by atoms with Crippen molar-refractivity contribution >= 4 is 45.1 Å². The van der Waals surface area contributed by atoms with Crippen LogP contribution in [-0.2, 0) is 20.7 Å². The third-order valence-electron chi connectivity index (χ3n) is 3.75. The number of ether oxygens (including phenoxy) is 2. The molecule has 0 saturated heterocycles. The molecule has 3 N–H and O–H groups in total. The number of methoxy groups -OCH3 is 1. The molecule has 0 saturated carbocycles. The summed E-state index contributed by atoms with van der Waals surface area (Å²) in [4.78, 5) is 35.2. The van der Waals surface area contributed by atoms with Gasteiger partial charge in [0.05, 0.1) is 25.4 Å². The van der Waals surface area contributed by atoms with E-state index in [1.54, 1.807) is 30.7 Å². The molecule has 8 nitrogen and oxygen atoms in total. The highest BCUT2D eigenvalue weighted by Crippen LogP contribution is 2.26. The summed E-state index contributed by atoms with van der Waals surface area (Å²) >= 11 is 1.15. The minimum Gasteiger partial charge on any atom is -0.497 e. The van der Waals surface area contributed by atoms with E-state index in [-0.39, 0.29) is 12.0 Å². The number of furan rings is 1. The van der Waals surface area contributed by atoms with Crippen LogP contribution in [0.2, 0.25) is 0 Å². The molecule has 140 valence electrons. The van der Waals surface area contributed by atoms with Crippen molar-refractivity contribution in [2.75, 3.05) is 19.0 Å². The summed E-state index contributed by atoms with van der Waals surface area (Å²) < 4.78 is 15.5. The molecule has 2 aromatic heterocycles. The molecule has 1 aromatic carbocycles. The minimum atomic E-state index is -0.646. The summed E-state index contributed by atoms with van der Waals surface area (Å²) in [6.07, 6.45) is 1.42. The van der Waals surface area contributed by atoms with Crippen molar-refractivity contribution < 1.29 is 28.3 Å². The smallest absolute Gasteiger partial charge is 0.310 e. The van der Waals surface area contributed by atoms with E-state index in [9.17, 15) is 14.4 Å². The van der Waals surface area contributed by atoms with Gasteiger partial charge in [-0.2, -0.15) is 0 Å². The normalized spacial score (nSPS) is 10.6. The number of anilines is 1. The predicted octanol–water partition coefficient (Wildman–Crippen LogP) is 2.33. The quantitative estimate of drug-likeness (QED) is 0.599. The fourth-order valence-electron chi connectivity index (χ4n) is 2.44. The van der Waals surface area contributed by atoms with Gasteiger partial charge in [-0.15, -0.1) is 11.3 Å². The van der Waals surface area contributed by atoms with Crippen LogP contribution in [0, 0.1) is 0 Å². The van der Waals surface area contributed by atoms with Crippen molar-refractivity contribution in [1.29, 1.82) is 0 Å². The van der Waals surface area contributed by atoms with E-state index < -0.39 is 24.4 Å². The highest BCUT2D eigenvalue weighted by Gasteiger charge is 2.16. The third kappa shape index (κ3) is 4.26. The summed E-state index contributed by atoms with van der Waals surface area (Å²) in [5.74, 6) is -1.14. The van der Waals surface area contributed by atoms with Crippen molar-refractivity contribution in [3.8, 4) is 5.75 Å². The Bertz CT molecular complexity index is 1010. The zero-order chi connectivity index (χ0) is 19.4. The highest BCUT2D eigenvalue weighted by molar-refractivity contribution is 7.14. The summed E-state index contributed by atoms with van der Waals surface area (Å²) in [7, 11) is 1.55. The van der Waals surface area contributed by atoms with Crippen LogP contribution in [0.1, 0.15) is 15.9 Å². The van der Waals surface area contributed by atoms with Gasteiger partial charge < -0.3 is 24.9 Å². The second kappa shape index (κ2) is 7.92. The second-order valence-corrected chi connectivity index (χ2v) is 6.45. The van der Waals surface area contributed by atoms with Gasteiger partial charge in [0.25, 0.3) is 11.8 Å². The largest absolute Gasteiger partial charge is 0.497 e. The second-order valence-electron chi connectivity index (χ2n) is 5.54. The number of hydrogen-bond donors (Lipinski definition) is 2. The van der Waals surface area contributed by atoms with Crippen LogP contribution in [0.3, 0.4) is 0 Å². The van der Waals surface area contributed by atoms with Crippen molar-refractivity contribution in [1.82, 2.24) is 0 Å². The van der Waals surface area contributed by atoms with Crippen molar-refractivity contribution in [2.24, 2.45) is 5.73 Å². The van der Waals surface area contributed by atoms with Gasteiger partial charge in [-0.1, -0.05) is 0 Å². The predicted molar refractivity (Wildman–Crippen MR) is 98.9 cm³/mol. The molecule has 27 heavy (non-hydrogen) atoms. The van der Waals surface area contributed by atoms with E-state index in [2.05, 4.69) is 5.32 Å². The van der Waals surface area contributed by atoms with Gasteiger partial charge >= 0.3 is 5.97 Å². The van der Waals surface area contributed by atoms with Gasteiger partial charge in [-0.25, -0.2) is 0 Å². The topological polar surface area (TPSA) is 121 Å². The minimum absolute atomic E-state index is 0.0435. The average molecular weight is 388 g/mol. The van der Waals surface area contributed by atoms with Gasteiger partial charge in [0.15, 0.2) is 6.61 Å². The van der Waals surface area contributed by atoms with Crippen LogP contribution in [0.5, 0.6) is 5.75 Å². The van der Waals surface area contributed by atoms with Crippen LogP contribution >= 0.6 is 11.3 Å². The van der Waals surface area contributed by atoms with E-state index in [0.717, 1.165) is 16.7 Å². The first-order valence-corrected chi connectivity index (χ1v) is 8.72. The Morgan fingerprint density at radius 2 is 2.07 bits per heavy atom. The Hall–Kier alpha value is -3.33. The lowest BCUT2D eigenvalue weighted by molar-refractivity contribution is -0.146. The summed E-state index contributed by atoms with van der Waals surface area (Å²) in [6.45, 7) is -0.474. The maximum atomic E-state index is 12.0. The molecule has 2 heterocycles. The van der Waals surface area contributed by atoms with Gasteiger partial charge in [-0.05, 0) is 23.6 Å². The summed E-state index contributed by atoms with van der Waals surface area (Å²) in [5.41, 5.74) is 6.65. The maximum absolute atomic E-state index is 12.0. The highest BCUT2D eigenvalue weighted by atomic mass is 32.1. The number of fused-ring (bicyclic) bond motifs is 1. The van der Waals surface area contributed by atoms with Crippen LogP contribution < -0.4 is 15.8 Å². The molecule has 0 atom stereocenters. The SMILES string of the molecule is COc1ccc2c(CC(=O)OCC(=O)Nc3sccc3C(N)=O)coc2c1. The molecule has 0 fully saturated rings. The Balaban J connectivity index is 1.56. The molecular weight excluding hydrogens is 372 g/mol. The van der Waals surface area contributed by atoms with Crippen molar-refractivity contribution in [3.05, 3.63) is 47.0 Å². The number of esters is 1. The fraction of sp³-hybridized carbons (Fsp3) is 0.167. The summed E-state index contributed by atoms with van der Waals surface area (Å²) in [6, 6.07) is 6.77. The van der Waals surface area contributed by atoms with Gasteiger partial charge in [0, 0.05) is 17.0 Å². The molecular formula is C18H16N2O6S. The number of amides is 2. The lowest BCUT2D eigenvalue weighted by atomic mass is 10.1. The molecule has 3 rings (SSSR count). The third-order valence-corrected chi connectivity index (χ3v) is 4.58. The van der Waals surface area contributed by atoms with Crippen molar-refractivity contribution in [3.63, 3.8) is 0 Å². The molecule has 3 aromatic rings. The van der Waals surface area contributed by atoms with E-state index in [0.29, 0.717) is 21.9 Å². The standard InChI is InChI=1S/C18H16N2O6S/c1-24-11-2-3-12-10(8-25-14(12)7-11)6-16(22)26-9-15(21)20-18-13(17(19)23)4-5-27-18/h2-5,7-8H,6,9H2,1H3,(H2,19,23)(H,20,21). The average Bonchev–Trinajstić information content (AvgIpc) is 3.26. The molecule has 0 spiro atoms. The molecule has 0 radical (unpaired) electrons. The Kier molecular flexibility index (Phi) is 5.41. The Labute approximate surface area is 157 Å². The molecule has 9 heteroatoms. The van der Waals surface area contributed by atoms with E-state index >= 15 is 0 Å². The molecule has 0 aliphatic heterocycles. The molecule has 0 bridgehead atoms. The number of primary amides is 1. The number of carbonyl (C=O) groups excluding carboxylic acids is 3. The number of carbonyl (C=O) groups is 3. The van der Waals surface area contributed by atoms with Crippen LogP contribution in [-0.4, -0.2) is 31.5 Å². The zero-order valence-corrected chi connectivity index (χ0v) is 15.1. The fourth-order valence-corrected chi connectivity index (χ4v) is 3.25. The van der Waals surface area contributed by atoms with E-state index in [1.165, 1.54) is 12.3 Å². The van der Waals surface area contributed by atoms with Crippen LogP contribution in [0.4, 0.5) is 5.00 Å². The number of hydrogen-bond acceptors (Lipinski definition) is 7. The number of rotatable bonds is 7. The zero-order valence-electron chi connectivity index (χ0n) is 14.3. The van der Waals surface area contributed by atoms with E-state index in [1.807, 2.05) is 0 Å². The van der Waals surface area contributed by atoms with Gasteiger partial charge in [0.1, 0.15) is 16.3 Å². The lowest BCUT2D eigenvalue weighted by Gasteiger charge is -2.06. The van der Waals surface area contributed by atoms with E-state index in [4.69, 9.17) is 19.6 Å². The number of nitrogens with one attached hydrogen (secondary N) is 1. The molecule has 0 aliphatic rings. The lowest BCUT2D eigenvalue weighted by Crippen LogP contribution is -2.22. The van der Waals surface area contributed by atoms with Crippen LogP contribution in [0.25, 0.3) is 11.0 Å². The van der Waals surface area contributed by atoms with Gasteiger partial charge in [-0.3, -0.25) is 14.4 Å². The maximum Gasteiger partial charge on any atom is 0.310 e. The number of benzene rings is 1. The van der Waals surface area contributed by atoms with Crippen LogP contribution in [0.15, 0.2) is 40.3 Å². The van der Waals surface area contributed by atoms with Gasteiger partial charge in [0.2, 0.25) is 0 Å². The first-order chi connectivity index (χ1) is 13.0. The number of nitrogens with two attached hydrogens (primary N) is 1. The first-order valence-electron chi connectivity index (χ1n) is 7.85. The Morgan fingerprint density at radius 1 is 1.26 bits per heavy atom. The summed E-state index contributed by atoms with van der Waals surface area (Å²) in [5, 5.41) is 5.21. The molecule has 2 amide bonds. The molecule has 0 unspecified atom stereocenters. The number of thiophene rings is 1. The Morgan fingerprint density at radius 3 is 2.81 bits per heavy atom. The van der Waals surface area contributed by atoms with Crippen molar-refractivity contribution in [2.45, 2.75) is 6.42 Å².